The summed E-state index contributed by atoms with van der Waals surface area (Å²) < 4.78 is 4.74. The minimum absolute atomic E-state index is 0.127. The predicted octanol–water partition coefficient (Wildman–Crippen LogP) is 0.998. The van der Waals surface area contributed by atoms with Crippen LogP contribution in [0.3, 0.4) is 0 Å². The molecule has 0 bridgehead atoms. The number of hydrogen-bond acceptors (Lipinski definition) is 2. The van der Waals surface area contributed by atoms with Gasteiger partial charge >= 0.3 is 0 Å². The fourth-order valence-corrected chi connectivity index (χ4v) is 0.482. The summed E-state index contributed by atoms with van der Waals surface area (Å²) in [6.07, 6.45) is 1.39. The molecule has 0 saturated carbocycles. The van der Waals surface area contributed by atoms with Crippen molar-refractivity contribution in [1.82, 2.24) is 0 Å². The molecular weight excluding hydrogens is 114 g/mol. The molecular formula is C4H6ClNO. The van der Waals surface area contributed by atoms with Crippen LogP contribution in [0.5, 0.6) is 0 Å². The van der Waals surface area contributed by atoms with Crippen LogP contribution in [0, 0.1) is 0 Å². The molecule has 0 fully saturated rings. The normalized spacial score (nSPS) is 38.6. The topological polar surface area (TPSA) is 21.6 Å². The molecule has 0 aromatic carbocycles. The molecule has 0 radical (unpaired) electrons. The minimum Gasteiger partial charge on any atom is -0.462 e. The molecule has 1 aliphatic rings. The summed E-state index contributed by atoms with van der Waals surface area (Å²) >= 11 is 5.52. The fourth-order valence-electron chi connectivity index (χ4n) is 0.371. The molecule has 0 N–H and O–H groups in total. The van der Waals surface area contributed by atoms with Gasteiger partial charge in [-0.3, -0.25) is 4.99 Å². The largest absolute Gasteiger partial charge is 0.462 e. The van der Waals surface area contributed by atoms with Crippen molar-refractivity contribution in [3.63, 3.8) is 0 Å². The highest BCUT2D eigenvalue weighted by atomic mass is 35.5. The maximum absolute atomic E-state index is 5.52. The van der Waals surface area contributed by atoms with Crippen LogP contribution in [0.4, 0.5) is 0 Å². The average molecular weight is 120 g/mol. The first-order valence-corrected chi connectivity index (χ1v) is 2.55. The Kier molecular flexibility index (Phi) is 1.19. The standard InChI is InChI=1S/C4H6ClNO/c1-3-4(5)7-2-6-3/h2-4H,1H3. The zero-order valence-corrected chi connectivity index (χ0v) is 4.72. The zero-order valence-electron chi connectivity index (χ0n) is 3.97. The number of halogens is 1. The summed E-state index contributed by atoms with van der Waals surface area (Å²) in [6.45, 7) is 1.90. The summed E-state index contributed by atoms with van der Waals surface area (Å²) in [7, 11) is 0. The summed E-state index contributed by atoms with van der Waals surface area (Å²) in [6, 6.07) is 0.127. The summed E-state index contributed by atoms with van der Waals surface area (Å²) in [5.41, 5.74) is -0.236. The second kappa shape index (κ2) is 1.70. The van der Waals surface area contributed by atoms with Gasteiger partial charge in [0.2, 0.25) is 0 Å². The van der Waals surface area contributed by atoms with Crippen LogP contribution in [-0.2, 0) is 4.74 Å². The third kappa shape index (κ3) is 0.855. The van der Waals surface area contributed by atoms with Crippen molar-refractivity contribution in [2.24, 2.45) is 4.99 Å². The Bertz CT molecular complexity index is 93.7. The molecule has 1 heterocycles. The lowest BCUT2D eigenvalue weighted by atomic mass is 10.4. The minimum atomic E-state index is -0.236. The highest BCUT2D eigenvalue weighted by Crippen LogP contribution is 2.11. The molecule has 3 heteroatoms. The van der Waals surface area contributed by atoms with Crippen molar-refractivity contribution >= 4 is 18.0 Å². The third-order valence-corrected chi connectivity index (χ3v) is 1.33. The van der Waals surface area contributed by atoms with Crippen LogP contribution in [0.1, 0.15) is 6.92 Å². The van der Waals surface area contributed by atoms with Gasteiger partial charge in [0.05, 0.1) is 0 Å². The predicted molar refractivity (Wildman–Crippen MR) is 28.7 cm³/mol. The Morgan fingerprint density at radius 2 is 2.57 bits per heavy atom. The second-order valence-electron chi connectivity index (χ2n) is 1.48. The van der Waals surface area contributed by atoms with Crippen molar-refractivity contribution in [3.05, 3.63) is 0 Å². The Hall–Kier alpha value is -0.240. The molecule has 1 rings (SSSR count). The van der Waals surface area contributed by atoms with E-state index in [9.17, 15) is 0 Å². The summed E-state index contributed by atoms with van der Waals surface area (Å²) in [4.78, 5) is 3.84. The Balaban J connectivity index is 2.45. The monoisotopic (exact) mass is 119 g/mol. The molecule has 7 heavy (non-hydrogen) atoms. The second-order valence-corrected chi connectivity index (χ2v) is 1.91. The van der Waals surface area contributed by atoms with Gasteiger partial charge in [0.25, 0.3) is 0 Å². The van der Waals surface area contributed by atoms with Crippen LogP contribution < -0.4 is 0 Å². The summed E-state index contributed by atoms with van der Waals surface area (Å²) in [5, 5.41) is 0. The SMILES string of the molecule is CC1N=COC1Cl. The third-order valence-electron chi connectivity index (χ3n) is 0.866. The molecule has 0 aliphatic carbocycles. The maximum atomic E-state index is 5.52. The lowest BCUT2D eigenvalue weighted by Gasteiger charge is -2.00. The van der Waals surface area contributed by atoms with E-state index in [4.69, 9.17) is 16.3 Å². The van der Waals surface area contributed by atoms with Crippen LogP contribution in [0.15, 0.2) is 4.99 Å². The van der Waals surface area contributed by atoms with E-state index in [-0.39, 0.29) is 11.6 Å². The lowest BCUT2D eigenvalue weighted by molar-refractivity contribution is 0.291. The van der Waals surface area contributed by atoms with Gasteiger partial charge in [-0.1, -0.05) is 11.6 Å². The number of rotatable bonds is 0. The molecule has 40 valence electrons. The van der Waals surface area contributed by atoms with E-state index in [1.54, 1.807) is 0 Å². The van der Waals surface area contributed by atoms with Gasteiger partial charge in [-0.2, -0.15) is 0 Å². The number of nitrogens with zero attached hydrogens (tertiary/aromatic N) is 1. The van der Waals surface area contributed by atoms with E-state index < -0.39 is 0 Å². The maximum Gasteiger partial charge on any atom is 0.195 e. The van der Waals surface area contributed by atoms with E-state index in [0.29, 0.717) is 0 Å². The first-order chi connectivity index (χ1) is 3.30. The van der Waals surface area contributed by atoms with Crippen molar-refractivity contribution in [2.75, 3.05) is 0 Å². The van der Waals surface area contributed by atoms with E-state index >= 15 is 0 Å². The highest BCUT2D eigenvalue weighted by Gasteiger charge is 2.16. The van der Waals surface area contributed by atoms with Crippen LogP contribution >= 0.6 is 11.6 Å². The fraction of sp³-hybridized carbons (Fsp3) is 0.750. The smallest absolute Gasteiger partial charge is 0.195 e. The van der Waals surface area contributed by atoms with Gasteiger partial charge < -0.3 is 4.74 Å². The molecule has 0 saturated heterocycles. The molecule has 2 nitrogen and oxygen atoms in total. The van der Waals surface area contributed by atoms with Crippen molar-refractivity contribution in [3.8, 4) is 0 Å². The molecule has 1 aliphatic heterocycles. The van der Waals surface area contributed by atoms with Crippen molar-refractivity contribution in [1.29, 1.82) is 0 Å². The van der Waals surface area contributed by atoms with Gasteiger partial charge in [0, 0.05) is 0 Å². The Labute approximate surface area is 47.1 Å². The molecule has 2 unspecified atom stereocenters. The Morgan fingerprint density at radius 1 is 1.86 bits per heavy atom. The number of hydrogen-bond donors (Lipinski definition) is 0. The van der Waals surface area contributed by atoms with E-state index in [1.807, 2.05) is 6.92 Å². The van der Waals surface area contributed by atoms with Crippen LogP contribution in [0.25, 0.3) is 0 Å². The van der Waals surface area contributed by atoms with E-state index in [1.165, 1.54) is 6.40 Å². The molecule has 0 aromatic heterocycles. The van der Waals surface area contributed by atoms with E-state index in [0.717, 1.165) is 0 Å². The zero-order chi connectivity index (χ0) is 5.28. The number of alkyl halides is 1. The highest BCUT2D eigenvalue weighted by molar-refractivity contribution is 6.20. The van der Waals surface area contributed by atoms with E-state index in [2.05, 4.69) is 4.99 Å². The number of aliphatic imine (C=N–C) groups is 1. The molecule has 0 aromatic rings. The Morgan fingerprint density at radius 3 is 2.71 bits per heavy atom. The van der Waals surface area contributed by atoms with Crippen LogP contribution in [0.2, 0.25) is 0 Å². The van der Waals surface area contributed by atoms with Crippen LogP contribution in [-0.4, -0.2) is 18.0 Å². The quantitative estimate of drug-likeness (QED) is 0.436. The molecule has 2 atom stereocenters. The van der Waals surface area contributed by atoms with Gasteiger partial charge in [-0.05, 0) is 6.92 Å². The summed E-state index contributed by atoms with van der Waals surface area (Å²) in [5.74, 6) is 0. The van der Waals surface area contributed by atoms with Gasteiger partial charge in [0.15, 0.2) is 12.0 Å². The molecule has 0 spiro atoms. The number of ether oxygens (including phenoxy) is 1. The average Bonchev–Trinajstić information content (AvgIpc) is 1.91. The molecule has 0 amide bonds. The van der Waals surface area contributed by atoms with Crippen molar-refractivity contribution < 1.29 is 4.74 Å². The van der Waals surface area contributed by atoms with Gasteiger partial charge in [-0.25, -0.2) is 0 Å². The first kappa shape index (κ1) is 4.91. The van der Waals surface area contributed by atoms with Gasteiger partial charge in [-0.15, -0.1) is 0 Å². The van der Waals surface area contributed by atoms with Crippen molar-refractivity contribution in [2.45, 2.75) is 18.5 Å². The lowest BCUT2D eigenvalue weighted by Crippen LogP contribution is -2.09. The van der Waals surface area contributed by atoms with Gasteiger partial charge in [0.1, 0.15) is 6.04 Å². The first-order valence-electron chi connectivity index (χ1n) is 2.12.